The minimum Gasteiger partial charge on any atom is -0.495 e. The summed E-state index contributed by atoms with van der Waals surface area (Å²) in [5, 5.41) is 3.93. The average Bonchev–Trinajstić information content (AvgIpc) is 2.96. The van der Waals surface area contributed by atoms with Gasteiger partial charge < -0.3 is 10.1 Å². The summed E-state index contributed by atoms with van der Waals surface area (Å²) >= 11 is 1.66. The molecule has 0 spiro atoms. The van der Waals surface area contributed by atoms with Gasteiger partial charge in [-0.2, -0.15) is 0 Å². The van der Waals surface area contributed by atoms with Crippen molar-refractivity contribution >= 4 is 33.1 Å². The van der Waals surface area contributed by atoms with E-state index in [1.165, 1.54) is 4.70 Å². The third-order valence-electron chi connectivity index (χ3n) is 3.79. The van der Waals surface area contributed by atoms with E-state index in [0.717, 1.165) is 16.1 Å². The molecule has 0 aliphatic carbocycles. The number of rotatable bonds is 6. The molecule has 1 heterocycles. The van der Waals surface area contributed by atoms with E-state index in [-0.39, 0.29) is 12.5 Å². The number of aryl methyl sites for hydroxylation is 1. The van der Waals surface area contributed by atoms with Crippen molar-refractivity contribution in [3.8, 4) is 5.75 Å². The van der Waals surface area contributed by atoms with Crippen molar-refractivity contribution in [3.63, 3.8) is 0 Å². The number of thiazole rings is 1. The van der Waals surface area contributed by atoms with E-state index in [4.69, 9.17) is 4.74 Å². The molecule has 1 N–H and O–H groups in total. The monoisotopic (exact) mass is 355 g/mol. The van der Waals surface area contributed by atoms with Gasteiger partial charge >= 0.3 is 0 Å². The van der Waals surface area contributed by atoms with Crippen LogP contribution >= 0.6 is 11.3 Å². The maximum Gasteiger partial charge on any atom is 0.238 e. The number of likely N-dealkylation sites (N-methyl/N-ethyl adjacent to an activating group) is 1. The van der Waals surface area contributed by atoms with Gasteiger partial charge in [0.15, 0.2) is 0 Å². The number of hydrogen-bond acceptors (Lipinski definition) is 5. The highest BCUT2D eigenvalue weighted by Gasteiger charge is 2.12. The highest BCUT2D eigenvalue weighted by atomic mass is 32.1. The predicted molar refractivity (Wildman–Crippen MR) is 102 cm³/mol. The van der Waals surface area contributed by atoms with E-state index in [9.17, 15) is 4.79 Å². The molecule has 0 saturated carbocycles. The highest BCUT2D eigenvalue weighted by molar-refractivity contribution is 7.18. The number of fused-ring (bicyclic) bond motifs is 1. The van der Waals surface area contributed by atoms with Crippen molar-refractivity contribution in [2.75, 3.05) is 26.0 Å². The number of amides is 1. The molecular weight excluding hydrogens is 334 g/mol. The normalized spacial score (nSPS) is 11.0. The Hall–Kier alpha value is -2.44. The molecule has 0 atom stereocenters. The number of carbonyl (C=O) groups is 1. The number of aromatic nitrogens is 1. The molecule has 3 aromatic rings. The van der Waals surface area contributed by atoms with Crippen LogP contribution in [0.1, 0.15) is 10.6 Å². The molecule has 3 rings (SSSR count). The Labute approximate surface area is 151 Å². The van der Waals surface area contributed by atoms with E-state index in [0.29, 0.717) is 18.0 Å². The first-order valence-electron chi connectivity index (χ1n) is 8.02. The van der Waals surface area contributed by atoms with E-state index >= 15 is 0 Å². The third-order valence-corrected chi connectivity index (χ3v) is 4.81. The number of nitrogens with one attached hydrogen (secondary N) is 1. The van der Waals surface area contributed by atoms with Crippen molar-refractivity contribution in [2.45, 2.75) is 13.5 Å². The number of nitrogens with zero attached hydrogens (tertiary/aromatic N) is 2. The van der Waals surface area contributed by atoms with Crippen LogP contribution in [-0.2, 0) is 11.3 Å². The Kier molecular flexibility index (Phi) is 5.31. The fraction of sp³-hybridized carbons (Fsp3) is 0.263. The lowest BCUT2D eigenvalue weighted by Crippen LogP contribution is -2.29. The fourth-order valence-corrected chi connectivity index (χ4v) is 3.68. The van der Waals surface area contributed by atoms with Crippen LogP contribution in [0.3, 0.4) is 0 Å². The molecule has 130 valence electrons. The summed E-state index contributed by atoms with van der Waals surface area (Å²) in [4.78, 5) is 18.9. The third kappa shape index (κ3) is 4.35. The lowest BCUT2D eigenvalue weighted by molar-refractivity contribution is -0.117. The van der Waals surface area contributed by atoms with E-state index < -0.39 is 0 Å². The van der Waals surface area contributed by atoms with Gasteiger partial charge in [-0.15, -0.1) is 11.3 Å². The smallest absolute Gasteiger partial charge is 0.238 e. The molecule has 2 aromatic carbocycles. The molecule has 0 radical (unpaired) electrons. The summed E-state index contributed by atoms with van der Waals surface area (Å²) in [5.41, 5.74) is 2.77. The van der Waals surface area contributed by atoms with Crippen LogP contribution in [0.2, 0.25) is 0 Å². The first-order valence-corrected chi connectivity index (χ1v) is 8.84. The molecule has 0 bridgehead atoms. The van der Waals surface area contributed by atoms with E-state index in [2.05, 4.69) is 16.4 Å². The summed E-state index contributed by atoms with van der Waals surface area (Å²) in [7, 11) is 3.51. The van der Waals surface area contributed by atoms with Crippen LogP contribution in [0.4, 0.5) is 5.69 Å². The number of benzene rings is 2. The lowest BCUT2D eigenvalue weighted by atomic mass is 10.2. The summed E-state index contributed by atoms with van der Waals surface area (Å²) < 4.78 is 6.47. The maximum absolute atomic E-state index is 12.3. The van der Waals surface area contributed by atoms with Gasteiger partial charge in [-0.25, -0.2) is 4.98 Å². The lowest BCUT2D eigenvalue weighted by Gasteiger charge is -2.16. The summed E-state index contributed by atoms with van der Waals surface area (Å²) in [5.74, 6) is 0.584. The molecule has 0 aliphatic rings. The Balaban J connectivity index is 1.61. The Morgan fingerprint density at radius 1 is 1.28 bits per heavy atom. The number of hydrogen-bond donors (Lipinski definition) is 1. The van der Waals surface area contributed by atoms with Crippen LogP contribution < -0.4 is 10.1 Å². The number of methoxy groups -OCH3 is 1. The van der Waals surface area contributed by atoms with Gasteiger partial charge in [0.2, 0.25) is 5.91 Å². The zero-order chi connectivity index (χ0) is 17.8. The Morgan fingerprint density at radius 3 is 2.84 bits per heavy atom. The van der Waals surface area contributed by atoms with E-state index in [1.54, 1.807) is 18.4 Å². The Bertz CT molecular complexity index is 858. The number of para-hydroxylation sites is 1. The minimum absolute atomic E-state index is 0.0764. The molecule has 0 saturated heterocycles. The van der Waals surface area contributed by atoms with Gasteiger partial charge in [-0.1, -0.05) is 18.2 Å². The zero-order valence-electron chi connectivity index (χ0n) is 14.6. The van der Waals surface area contributed by atoms with Gasteiger partial charge in [-0.3, -0.25) is 9.69 Å². The van der Waals surface area contributed by atoms with Crippen LogP contribution in [0.5, 0.6) is 5.75 Å². The molecule has 0 fully saturated rings. The van der Waals surface area contributed by atoms with Crippen LogP contribution in [0.15, 0.2) is 42.5 Å². The molecule has 1 amide bonds. The van der Waals surface area contributed by atoms with Crippen LogP contribution in [-0.4, -0.2) is 36.5 Å². The van der Waals surface area contributed by atoms with Crippen molar-refractivity contribution in [1.29, 1.82) is 0 Å². The van der Waals surface area contributed by atoms with Gasteiger partial charge in [0.05, 0.1) is 36.1 Å². The molecule has 25 heavy (non-hydrogen) atoms. The number of ether oxygens (including phenoxy) is 1. The van der Waals surface area contributed by atoms with Gasteiger partial charge in [0, 0.05) is 0 Å². The molecule has 0 aliphatic heterocycles. The second kappa shape index (κ2) is 7.63. The molecule has 6 heteroatoms. The molecular formula is C19H21N3O2S. The predicted octanol–water partition coefficient (Wildman–Crippen LogP) is 3.68. The number of carbonyl (C=O) groups excluding carboxylic acids is 1. The summed E-state index contributed by atoms with van der Waals surface area (Å²) in [6.07, 6.45) is 0. The SMILES string of the molecule is COc1ccc(C)cc1NC(=O)CN(C)Cc1nc2ccccc2s1. The summed E-state index contributed by atoms with van der Waals surface area (Å²) in [6.45, 7) is 2.90. The maximum atomic E-state index is 12.3. The molecule has 1 aromatic heterocycles. The molecule has 5 nitrogen and oxygen atoms in total. The van der Waals surface area contributed by atoms with E-state index in [1.807, 2.05) is 55.3 Å². The van der Waals surface area contributed by atoms with Crippen LogP contribution in [0.25, 0.3) is 10.2 Å². The topological polar surface area (TPSA) is 54.5 Å². The fourth-order valence-electron chi connectivity index (χ4n) is 2.63. The highest BCUT2D eigenvalue weighted by Crippen LogP contribution is 2.25. The average molecular weight is 355 g/mol. The van der Waals surface area contributed by atoms with Crippen molar-refractivity contribution < 1.29 is 9.53 Å². The van der Waals surface area contributed by atoms with Gasteiger partial charge in [-0.05, 0) is 43.8 Å². The zero-order valence-corrected chi connectivity index (χ0v) is 15.4. The second-order valence-corrected chi connectivity index (χ2v) is 7.11. The number of anilines is 1. The quantitative estimate of drug-likeness (QED) is 0.733. The Morgan fingerprint density at radius 2 is 2.08 bits per heavy atom. The standard InChI is InChI=1S/C19H21N3O2S/c1-13-8-9-16(24-3)15(10-13)20-18(23)11-22(2)12-19-21-14-6-4-5-7-17(14)25-19/h4-10H,11-12H2,1-3H3,(H,20,23). The largest absolute Gasteiger partial charge is 0.495 e. The van der Waals surface area contributed by atoms with Crippen LogP contribution in [0, 0.1) is 6.92 Å². The first-order chi connectivity index (χ1) is 12.0. The van der Waals surface area contributed by atoms with Gasteiger partial charge in [0.1, 0.15) is 10.8 Å². The summed E-state index contributed by atoms with van der Waals surface area (Å²) in [6, 6.07) is 13.8. The molecule has 0 unspecified atom stereocenters. The van der Waals surface area contributed by atoms with Crippen molar-refractivity contribution in [1.82, 2.24) is 9.88 Å². The second-order valence-electron chi connectivity index (χ2n) is 6.00. The van der Waals surface area contributed by atoms with Gasteiger partial charge in [0.25, 0.3) is 0 Å². The van der Waals surface area contributed by atoms with Crippen molar-refractivity contribution in [3.05, 3.63) is 53.0 Å². The van der Waals surface area contributed by atoms with Crippen molar-refractivity contribution in [2.24, 2.45) is 0 Å². The minimum atomic E-state index is -0.0764. The first kappa shape index (κ1) is 17.4.